The van der Waals surface area contributed by atoms with E-state index in [-0.39, 0.29) is 5.75 Å². The third-order valence-corrected chi connectivity index (χ3v) is 3.29. The normalized spacial score (nSPS) is 11.6. The molecular weight excluding hydrogens is 367 g/mol. The molecule has 1 aromatic rings. The van der Waals surface area contributed by atoms with Gasteiger partial charge in [0, 0.05) is 14.3 Å². The lowest BCUT2D eigenvalue weighted by atomic mass is 10.2. The summed E-state index contributed by atoms with van der Waals surface area (Å²) >= 11 is 5.48. The van der Waals surface area contributed by atoms with Crippen molar-refractivity contribution in [2.24, 2.45) is 0 Å². The van der Waals surface area contributed by atoms with E-state index in [0.29, 0.717) is 0 Å². The van der Waals surface area contributed by atoms with Crippen molar-refractivity contribution in [1.29, 1.82) is 0 Å². The highest BCUT2D eigenvalue weighted by molar-refractivity contribution is 14.1. The van der Waals surface area contributed by atoms with Crippen LogP contribution in [-0.2, 0) is 15.6 Å². The van der Waals surface area contributed by atoms with Crippen LogP contribution in [0.25, 0.3) is 0 Å². The van der Waals surface area contributed by atoms with Gasteiger partial charge < -0.3 is 0 Å². The molecule has 0 bridgehead atoms. The van der Waals surface area contributed by atoms with Gasteiger partial charge in [-0.2, -0.15) is 0 Å². The largest absolute Gasteiger partial charge is 0.229 e. The fourth-order valence-electron chi connectivity index (χ4n) is 0.997. The van der Waals surface area contributed by atoms with E-state index in [1.807, 2.05) is 18.2 Å². The van der Waals surface area contributed by atoms with E-state index in [0.717, 1.165) is 13.6 Å². The molecule has 5 heteroatoms. The quantitative estimate of drug-likeness (QED) is 0.745. The van der Waals surface area contributed by atoms with E-state index in [9.17, 15) is 8.42 Å². The van der Waals surface area contributed by atoms with Crippen LogP contribution in [-0.4, -0.2) is 14.7 Å². The van der Waals surface area contributed by atoms with Crippen LogP contribution in [0.4, 0.5) is 0 Å². The average Bonchev–Trinajstić information content (AvgIpc) is 1.78. The monoisotopic (exact) mass is 374 g/mol. The zero-order valence-corrected chi connectivity index (χ0v) is 11.5. The van der Waals surface area contributed by atoms with E-state index >= 15 is 0 Å². The lowest BCUT2D eigenvalue weighted by Gasteiger charge is -2.01. The van der Waals surface area contributed by atoms with Crippen LogP contribution >= 0.6 is 38.5 Å². The van der Waals surface area contributed by atoms with E-state index in [1.165, 1.54) is 6.26 Å². The topological polar surface area (TPSA) is 34.1 Å². The molecule has 0 spiro atoms. The maximum Gasteiger partial charge on any atom is 0.151 e. The second-order valence-electron chi connectivity index (χ2n) is 2.85. The zero-order chi connectivity index (χ0) is 10.1. The average molecular weight is 375 g/mol. The Morgan fingerprint density at radius 1 is 1.38 bits per heavy atom. The fraction of sp³-hybridized carbons (Fsp3) is 0.250. The Bertz CT molecular complexity index is 394. The van der Waals surface area contributed by atoms with Gasteiger partial charge in [0.05, 0.1) is 5.75 Å². The van der Waals surface area contributed by atoms with E-state index in [2.05, 4.69) is 38.5 Å². The highest BCUT2D eigenvalue weighted by Gasteiger charge is 2.05. The molecule has 0 heterocycles. The molecule has 0 saturated heterocycles. The molecule has 72 valence electrons. The van der Waals surface area contributed by atoms with Crippen LogP contribution in [0.1, 0.15) is 5.56 Å². The van der Waals surface area contributed by atoms with E-state index in [4.69, 9.17) is 0 Å². The number of hydrogen-bond acceptors (Lipinski definition) is 2. The first kappa shape index (κ1) is 11.5. The summed E-state index contributed by atoms with van der Waals surface area (Å²) in [6.07, 6.45) is 1.24. The summed E-state index contributed by atoms with van der Waals surface area (Å²) in [6.45, 7) is 0. The van der Waals surface area contributed by atoms with Gasteiger partial charge in [0.1, 0.15) is 0 Å². The predicted octanol–water partition coefficient (Wildman–Crippen LogP) is 2.60. The summed E-state index contributed by atoms with van der Waals surface area (Å²) < 4.78 is 24.0. The minimum absolute atomic E-state index is 0.0996. The van der Waals surface area contributed by atoms with Crippen molar-refractivity contribution in [2.75, 3.05) is 6.26 Å². The summed E-state index contributed by atoms with van der Waals surface area (Å²) in [4.78, 5) is 0. The smallest absolute Gasteiger partial charge is 0.151 e. The molecular formula is C8H8BrIO2S. The fourth-order valence-corrected chi connectivity index (χ4v) is 3.47. The predicted molar refractivity (Wildman–Crippen MR) is 65.4 cm³/mol. The first-order valence-corrected chi connectivity index (χ1v) is 7.43. The van der Waals surface area contributed by atoms with Crippen LogP contribution in [0.15, 0.2) is 22.7 Å². The number of benzene rings is 1. The summed E-state index contributed by atoms with van der Waals surface area (Å²) in [5.74, 6) is 0.0996. The highest BCUT2D eigenvalue weighted by Crippen LogP contribution is 2.18. The van der Waals surface area contributed by atoms with Gasteiger partial charge >= 0.3 is 0 Å². The highest BCUT2D eigenvalue weighted by atomic mass is 127. The second-order valence-corrected chi connectivity index (χ2v) is 7.15. The molecule has 0 fully saturated rings. The van der Waals surface area contributed by atoms with Gasteiger partial charge in [-0.25, -0.2) is 8.42 Å². The third-order valence-electron chi connectivity index (χ3n) is 1.35. The summed E-state index contributed by atoms with van der Waals surface area (Å²) in [6, 6.07) is 5.63. The molecule has 1 aromatic carbocycles. The number of rotatable bonds is 2. The van der Waals surface area contributed by atoms with Gasteiger partial charge in [-0.05, 0) is 46.4 Å². The standard InChI is InChI=1S/C8H8BrIO2S/c1-13(11,12)5-6-2-7(9)4-8(10)3-6/h2-4H,5H2,1H3. The molecule has 0 amide bonds. The van der Waals surface area contributed by atoms with Crippen LogP contribution in [0, 0.1) is 3.57 Å². The van der Waals surface area contributed by atoms with Gasteiger partial charge in [-0.3, -0.25) is 0 Å². The number of sulfone groups is 1. The van der Waals surface area contributed by atoms with Crippen LogP contribution in [0.3, 0.4) is 0 Å². The van der Waals surface area contributed by atoms with Crippen molar-refractivity contribution < 1.29 is 8.42 Å². The molecule has 0 saturated carbocycles. The third kappa shape index (κ3) is 4.42. The van der Waals surface area contributed by atoms with Gasteiger partial charge in [0.25, 0.3) is 0 Å². The molecule has 2 nitrogen and oxygen atoms in total. The molecule has 0 unspecified atom stereocenters. The molecule has 0 aliphatic carbocycles. The molecule has 13 heavy (non-hydrogen) atoms. The summed E-state index contributed by atoms with van der Waals surface area (Å²) in [5.41, 5.74) is 0.821. The molecule has 1 rings (SSSR count). The van der Waals surface area contributed by atoms with Crippen LogP contribution in [0.5, 0.6) is 0 Å². The lowest BCUT2D eigenvalue weighted by molar-refractivity contribution is 0.601. The number of halogens is 2. The van der Waals surface area contributed by atoms with Crippen molar-refractivity contribution in [3.8, 4) is 0 Å². The van der Waals surface area contributed by atoms with Gasteiger partial charge in [0.2, 0.25) is 0 Å². The van der Waals surface area contributed by atoms with Crippen molar-refractivity contribution in [3.63, 3.8) is 0 Å². The molecule has 0 atom stereocenters. The first-order chi connectivity index (χ1) is 5.87. The first-order valence-electron chi connectivity index (χ1n) is 3.49. The maximum atomic E-state index is 11.0. The molecule has 0 aliphatic rings. The second kappa shape index (κ2) is 4.27. The summed E-state index contributed by atoms with van der Waals surface area (Å²) in [5, 5.41) is 0. The molecule has 0 aromatic heterocycles. The van der Waals surface area contributed by atoms with Crippen LogP contribution in [0.2, 0.25) is 0 Å². The Morgan fingerprint density at radius 2 is 2.00 bits per heavy atom. The Balaban J connectivity index is 3.03. The molecule has 0 aliphatic heterocycles. The molecule has 0 N–H and O–H groups in total. The Morgan fingerprint density at radius 3 is 2.46 bits per heavy atom. The zero-order valence-electron chi connectivity index (χ0n) is 6.92. The van der Waals surface area contributed by atoms with Crippen LogP contribution < -0.4 is 0 Å². The SMILES string of the molecule is CS(=O)(=O)Cc1cc(Br)cc(I)c1. The van der Waals surface area contributed by atoms with Gasteiger partial charge in [-0.1, -0.05) is 15.9 Å². The van der Waals surface area contributed by atoms with Crippen molar-refractivity contribution in [3.05, 3.63) is 31.8 Å². The Hall–Kier alpha value is 0.380. The minimum atomic E-state index is -2.93. The molecule has 0 radical (unpaired) electrons. The van der Waals surface area contributed by atoms with Crippen molar-refractivity contribution in [2.45, 2.75) is 5.75 Å². The van der Waals surface area contributed by atoms with Gasteiger partial charge in [-0.15, -0.1) is 0 Å². The lowest BCUT2D eigenvalue weighted by Crippen LogP contribution is -2.00. The summed E-state index contributed by atoms with van der Waals surface area (Å²) in [7, 11) is -2.93. The maximum absolute atomic E-state index is 11.0. The number of hydrogen-bond donors (Lipinski definition) is 0. The Kier molecular flexibility index (Phi) is 3.76. The van der Waals surface area contributed by atoms with Crippen molar-refractivity contribution in [1.82, 2.24) is 0 Å². The van der Waals surface area contributed by atoms with E-state index < -0.39 is 9.84 Å². The van der Waals surface area contributed by atoms with E-state index in [1.54, 1.807) is 0 Å². The van der Waals surface area contributed by atoms with Gasteiger partial charge in [0.15, 0.2) is 9.84 Å². The van der Waals surface area contributed by atoms with Crippen molar-refractivity contribution >= 4 is 48.4 Å². The Labute approximate surface area is 99.9 Å². The minimum Gasteiger partial charge on any atom is -0.229 e.